The predicted molar refractivity (Wildman–Crippen MR) is 159 cm³/mol. The van der Waals surface area contributed by atoms with E-state index in [2.05, 4.69) is 5.32 Å². The minimum absolute atomic E-state index is 0.0484. The van der Waals surface area contributed by atoms with Crippen molar-refractivity contribution in [1.29, 1.82) is 0 Å². The maximum absolute atomic E-state index is 13.9. The Morgan fingerprint density at radius 2 is 2.00 bits per heavy atom. The maximum Gasteiger partial charge on any atom is 0.410 e. The normalized spacial score (nSPS) is 22.0. The first-order valence-corrected chi connectivity index (χ1v) is 15.2. The minimum atomic E-state index is -0.338. The first kappa shape index (κ1) is 26.4. The summed E-state index contributed by atoms with van der Waals surface area (Å²) in [6, 6.07) is 11.5. The van der Waals surface area contributed by atoms with Gasteiger partial charge >= 0.3 is 6.09 Å². The Morgan fingerprint density at radius 1 is 1.17 bits per heavy atom. The number of hydrogen-bond donors (Lipinski definition) is 2. The molecular weight excluding hydrogens is 562 g/mol. The van der Waals surface area contributed by atoms with Crippen LogP contribution in [0.5, 0.6) is 0 Å². The van der Waals surface area contributed by atoms with E-state index in [9.17, 15) is 14.7 Å². The van der Waals surface area contributed by atoms with Crippen LogP contribution in [0.3, 0.4) is 0 Å². The van der Waals surface area contributed by atoms with Gasteiger partial charge in [-0.05, 0) is 62.4 Å². The summed E-state index contributed by atoms with van der Waals surface area (Å²) >= 11 is 7.67. The molecule has 2 saturated heterocycles. The molecule has 0 bridgehead atoms. The first-order chi connectivity index (χ1) is 19.8. The van der Waals surface area contributed by atoms with Gasteiger partial charge in [0.15, 0.2) is 0 Å². The molecule has 7 rings (SSSR count). The smallest absolute Gasteiger partial charge is 0.410 e. The van der Waals surface area contributed by atoms with Gasteiger partial charge in [0, 0.05) is 40.2 Å². The van der Waals surface area contributed by atoms with E-state index in [1.807, 2.05) is 48.2 Å². The van der Waals surface area contributed by atoms with Crippen molar-refractivity contribution in [2.45, 2.75) is 63.8 Å². The number of rotatable bonds is 5. The molecule has 4 heterocycles. The third kappa shape index (κ3) is 4.98. The zero-order valence-corrected chi connectivity index (χ0v) is 24.2. The van der Waals surface area contributed by atoms with Crippen molar-refractivity contribution in [2.24, 2.45) is 0 Å². The van der Waals surface area contributed by atoms with Crippen molar-refractivity contribution in [3.8, 4) is 10.6 Å². The molecule has 2 fully saturated rings. The molecule has 2 N–H and O–H groups in total. The van der Waals surface area contributed by atoms with Crippen molar-refractivity contribution < 1.29 is 14.6 Å². The van der Waals surface area contributed by atoms with Crippen LogP contribution in [0.15, 0.2) is 41.2 Å². The van der Waals surface area contributed by atoms with E-state index >= 15 is 0 Å². The van der Waals surface area contributed by atoms with E-state index < -0.39 is 0 Å². The lowest BCUT2D eigenvalue weighted by Crippen LogP contribution is -2.45. The Balaban J connectivity index is 1.30. The number of carbonyl (C=O) groups is 1. The lowest BCUT2D eigenvalue weighted by molar-refractivity contribution is 0.153. The summed E-state index contributed by atoms with van der Waals surface area (Å²) in [5.41, 5.74) is 4.24. The quantitative estimate of drug-likeness (QED) is 0.344. The number of aliphatic hydroxyl groups excluding tert-OH is 1. The van der Waals surface area contributed by atoms with Gasteiger partial charge in [-0.3, -0.25) is 9.36 Å². The number of nitrogens with one attached hydrogen (secondary N) is 1. The van der Waals surface area contributed by atoms with Crippen molar-refractivity contribution in [1.82, 2.24) is 19.4 Å². The molecule has 212 valence electrons. The van der Waals surface area contributed by atoms with Crippen LogP contribution >= 0.6 is 22.9 Å². The number of fused-ring (bicyclic) bond motifs is 3. The van der Waals surface area contributed by atoms with Gasteiger partial charge in [0.1, 0.15) is 17.4 Å². The number of nitrogens with zero attached hydrogens (tertiary/aromatic N) is 4. The van der Waals surface area contributed by atoms with Crippen LogP contribution in [0.4, 0.5) is 10.5 Å². The number of piperidine rings is 1. The fraction of sp³-hybridized carbons (Fsp3) is 0.400. The summed E-state index contributed by atoms with van der Waals surface area (Å²) in [6.45, 7) is 3.28. The number of aliphatic hydroxyl groups is 1. The molecule has 0 spiro atoms. The summed E-state index contributed by atoms with van der Waals surface area (Å²) in [5.74, 6) is 0.629. The summed E-state index contributed by atoms with van der Waals surface area (Å²) in [7, 11) is 0. The van der Waals surface area contributed by atoms with Crippen molar-refractivity contribution in [2.75, 3.05) is 18.5 Å². The maximum atomic E-state index is 13.9. The van der Waals surface area contributed by atoms with Crippen molar-refractivity contribution in [3.05, 3.63) is 73.7 Å². The Hall–Kier alpha value is -3.47. The first-order valence-electron chi connectivity index (χ1n) is 14.0. The molecule has 9 nitrogen and oxygen atoms in total. The van der Waals surface area contributed by atoms with Gasteiger partial charge in [-0.2, -0.15) is 0 Å². The highest BCUT2D eigenvalue weighted by atomic mass is 35.5. The highest BCUT2D eigenvalue weighted by molar-refractivity contribution is 7.15. The minimum Gasteiger partial charge on any atom is -0.447 e. The Bertz CT molecular complexity index is 1720. The van der Waals surface area contributed by atoms with Gasteiger partial charge in [-0.15, -0.1) is 11.3 Å². The summed E-state index contributed by atoms with van der Waals surface area (Å²) in [4.78, 5) is 38.6. The zero-order valence-electron chi connectivity index (χ0n) is 22.6. The van der Waals surface area contributed by atoms with Gasteiger partial charge in [0.2, 0.25) is 0 Å². The van der Waals surface area contributed by atoms with Crippen LogP contribution in [-0.2, 0) is 24.1 Å². The second-order valence-electron chi connectivity index (χ2n) is 11.2. The standard InChI is InChI=1S/C30H30ClN5O4S/c1-16-32-26-12-22(28-34-24-7-6-21(37)11-27(24)41-28)25(33-19-8-9-35-20(10-19)15-40-30(35)39)13-23(26)29(38)36(16)14-17-2-4-18(31)5-3-17/h2-5,12-13,19-21,33,37H,6-11,14-15H2,1H3/t19-,20-,21?/m0/s1. The lowest BCUT2D eigenvalue weighted by Gasteiger charge is -2.33. The molecule has 2 aromatic carbocycles. The van der Waals surface area contributed by atoms with Gasteiger partial charge in [0.25, 0.3) is 5.56 Å². The number of aryl methyl sites for hydroxylation is 2. The summed E-state index contributed by atoms with van der Waals surface area (Å²) in [6.07, 6.45) is 3.04. The number of carbonyl (C=O) groups excluding carboxylic acids is 1. The molecule has 3 atom stereocenters. The predicted octanol–water partition coefficient (Wildman–Crippen LogP) is 4.77. The third-order valence-corrected chi connectivity index (χ3v) is 9.80. The van der Waals surface area contributed by atoms with Gasteiger partial charge < -0.3 is 20.1 Å². The van der Waals surface area contributed by atoms with E-state index in [0.717, 1.165) is 51.7 Å². The molecular formula is C30H30ClN5O4S. The Morgan fingerprint density at radius 3 is 2.83 bits per heavy atom. The molecule has 2 aliphatic heterocycles. The van der Waals surface area contributed by atoms with Gasteiger partial charge in [0.05, 0.1) is 35.3 Å². The fourth-order valence-corrected chi connectivity index (χ4v) is 7.49. The van der Waals surface area contributed by atoms with E-state index in [1.54, 1.807) is 15.9 Å². The summed E-state index contributed by atoms with van der Waals surface area (Å²) < 4.78 is 6.96. The molecule has 41 heavy (non-hydrogen) atoms. The highest BCUT2D eigenvalue weighted by Gasteiger charge is 2.38. The van der Waals surface area contributed by atoms with E-state index in [0.29, 0.717) is 54.3 Å². The average Bonchev–Trinajstić information content (AvgIpc) is 3.55. The molecule has 1 aliphatic carbocycles. The van der Waals surface area contributed by atoms with E-state index in [-0.39, 0.29) is 29.8 Å². The van der Waals surface area contributed by atoms with Crippen LogP contribution in [0.2, 0.25) is 5.02 Å². The van der Waals surface area contributed by atoms with Crippen molar-refractivity contribution >= 4 is 45.6 Å². The second-order valence-corrected chi connectivity index (χ2v) is 12.7. The highest BCUT2D eigenvalue weighted by Crippen LogP contribution is 2.39. The van der Waals surface area contributed by atoms with E-state index in [1.165, 1.54) is 0 Å². The molecule has 2 aromatic heterocycles. The number of halogens is 1. The zero-order chi connectivity index (χ0) is 28.2. The number of amides is 1. The topological polar surface area (TPSA) is 110 Å². The molecule has 0 radical (unpaired) electrons. The van der Waals surface area contributed by atoms with Crippen LogP contribution in [0.25, 0.3) is 21.5 Å². The Kier molecular flexibility index (Phi) is 6.72. The molecule has 1 amide bonds. The molecule has 1 unspecified atom stereocenters. The SMILES string of the molecule is Cc1nc2cc(-c3nc4c(s3)CC(O)CC4)c(N[C@H]3CCN4C(=O)OC[C@@H]4C3)cc2c(=O)n1Cc1ccc(Cl)cc1. The molecule has 3 aliphatic rings. The largest absolute Gasteiger partial charge is 0.447 e. The fourth-order valence-electron chi connectivity index (χ4n) is 6.16. The molecule has 0 saturated carbocycles. The summed E-state index contributed by atoms with van der Waals surface area (Å²) in [5, 5.41) is 16.0. The van der Waals surface area contributed by atoms with Gasteiger partial charge in [-0.1, -0.05) is 23.7 Å². The number of cyclic esters (lactones) is 1. The van der Waals surface area contributed by atoms with Gasteiger partial charge in [-0.25, -0.2) is 14.8 Å². The Labute approximate surface area is 245 Å². The lowest BCUT2D eigenvalue weighted by atomic mass is 9.97. The molecule has 4 aromatic rings. The van der Waals surface area contributed by atoms with E-state index in [4.69, 9.17) is 26.3 Å². The number of hydrogen-bond acceptors (Lipinski definition) is 8. The number of benzene rings is 2. The number of aromatic nitrogens is 3. The van der Waals surface area contributed by atoms with Crippen LogP contribution in [0.1, 0.15) is 41.2 Å². The van der Waals surface area contributed by atoms with Crippen LogP contribution < -0.4 is 10.9 Å². The average molecular weight is 592 g/mol. The van der Waals surface area contributed by atoms with Crippen molar-refractivity contribution in [3.63, 3.8) is 0 Å². The third-order valence-electron chi connectivity index (χ3n) is 8.39. The molecule has 11 heteroatoms. The number of ether oxygens (including phenoxy) is 1. The number of anilines is 1. The monoisotopic (exact) mass is 591 g/mol. The van der Waals surface area contributed by atoms with Crippen LogP contribution in [-0.4, -0.2) is 62.0 Å². The van der Waals surface area contributed by atoms with Crippen LogP contribution in [0, 0.1) is 6.92 Å². The second kappa shape index (κ2) is 10.4. The number of thiazole rings is 1.